The van der Waals surface area contributed by atoms with Crippen LogP contribution in [0.1, 0.15) is 10.4 Å². The Hall–Kier alpha value is -0.850. The largest absolute Gasteiger partial charge is 0.234 e. The lowest BCUT2D eigenvalue weighted by Gasteiger charge is -2.01. The maximum atomic E-state index is 11.8. The first kappa shape index (κ1) is 15.5. The van der Waals surface area contributed by atoms with Gasteiger partial charge in [0.15, 0.2) is 0 Å². The smallest absolute Gasteiger partial charge is 0.208 e. The van der Waals surface area contributed by atoms with Gasteiger partial charge in [0.1, 0.15) is 0 Å². The number of thiophene rings is 1. The predicted octanol–water partition coefficient (Wildman–Crippen LogP) is 4.15. The molecule has 0 saturated carbocycles. The number of sulfonamides is 1. The van der Waals surface area contributed by atoms with E-state index in [1.165, 1.54) is 17.4 Å². The van der Waals surface area contributed by atoms with Gasteiger partial charge in [-0.3, -0.25) is 0 Å². The van der Waals surface area contributed by atoms with Crippen molar-refractivity contribution < 1.29 is 8.42 Å². The molecule has 3 nitrogen and oxygen atoms in total. The molecule has 0 aliphatic heterocycles. The first-order chi connectivity index (χ1) is 9.46. The summed E-state index contributed by atoms with van der Waals surface area (Å²) < 4.78 is 26.1. The van der Waals surface area contributed by atoms with Gasteiger partial charge >= 0.3 is 0 Å². The van der Waals surface area contributed by atoms with Crippen LogP contribution in [-0.2, 0) is 16.6 Å². The van der Waals surface area contributed by atoms with Crippen LogP contribution >= 0.6 is 34.5 Å². The number of nitrogens with one attached hydrogen (secondary N) is 1. The summed E-state index contributed by atoms with van der Waals surface area (Å²) in [7, 11) is -3.50. The predicted molar refractivity (Wildman–Crippen MR) is 85.6 cm³/mol. The third kappa shape index (κ3) is 4.61. The Bertz CT molecular complexity index is 710. The van der Waals surface area contributed by atoms with Crippen molar-refractivity contribution >= 4 is 50.6 Å². The zero-order valence-corrected chi connectivity index (χ0v) is 13.4. The molecule has 0 radical (unpaired) electrons. The van der Waals surface area contributed by atoms with E-state index >= 15 is 0 Å². The molecule has 106 valence electrons. The molecule has 2 rings (SSSR count). The van der Waals surface area contributed by atoms with E-state index in [-0.39, 0.29) is 6.54 Å². The Morgan fingerprint density at radius 3 is 2.70 bits per heavy atom. The molecule has 20 heavy (non-hydrogen) atoms. The van der Waals surface area contributed by atoms with Crippen molar-refractivity contribution in [3.63, 3.8) is 0 Å². The van der Waals surface area contributed by atoms with Gasteiger partial charge in [-0.25, -0.2) is 13.1 Å². The van der Waals surface area contributed by atoms with Gasteiger partial charge in [0.2, 0.25) is 10.0 Å². The van der Waals surface area contributed by atoms with Crippen LogP contribution in [0.25, 0.3) is 6.08 Å². The van der Waals surface area contributed by atoms with Crippen LogP contribution in [0.3, 0.4) is 0 Å². The number of rotatable bonds is 5. The van der Waals surface area contributed by atoms with Crippen LogP contribution in [0.2, 0.25) is 10.0 Å². The molecule has 2 aromatic rings. The van der Waals surface area contributed by atoms with Crippen LogP contribution in [0, 0.1) is 0 Å². The average Bonchev–Trinajstić information content (AvgIpc) is 2.89. The lowest BCUT2D eigenvalue weighted by Crippen LogP contribution is -2.19. The van der Waals surface area contributed by atoms with Crippen LogP contribution < -0.4 is 4.72 Å². The quantitative estimate of drug-likeness (QED) is 0.883. The van der Waals surface area contributed by atoms with Gasteiger partial charge in [-0.1, -0.05) is 35.3 Å². The van der Waals surface area contributed by atoms with Gasteiger partial charge in [-0.15, -0.1) is 11.3 Å². The summed E-state index contributed by atoms with van der Waals surface area (Å²) in [6.45, 7) is 0.276. The summed E-state index contributed by atoms with van der Waals surface area (Å²) in [5, 5.41) is 3.90. The highest BCUT2D eigenvalue weighted by Gasteiger charge is 2.06. The lowest BCUT2D eigenvalue weighted by atomic mass is 10.2. The van der Waals surface area contributed by atoms with E-state index in [1.807, 2.05) is 17.5 Å². The Morgan fingerprint density at radius 1 is 1.25 bits per heavy atom. The van der Waals surface area contributed by atoms with E-state index < -0.39 is 10.0 Å². The molecular weight excluding hydrogens is 337 g/mol. The van der Waals surface area contributed by atoms with Crippen molar-refractivity contribution in [2.75, 3.05) is 0 Å². The summed E-state index contributed by atoms with van der Waals surface area (Å²) in [4.78, 5) is 0.950. The van der Waals surface area contributed by atoms with E-state index in [9.17, 15) is 8.42 Å². The molecule has 0 amide bonds. The average molecular weight is 348 g/mol. The van der Waals surface area contributed by atoms with Crippen molar-refractivity contribution in [3.05, 3.63) is 61.6 Å². The minimum atomic E-state index is -3.50. The van der Waals surface area contributed by atoms with Gasteiger partial charge < -0.3 is 0 Å². The van der Waals surface area contributed by atoms with Crippen LogP contribution in [0.4, 0.5) is 0 Å². The van der Waals surface area contributed by atoms with Crippen molar-refractivity contribution in [2.45, 2.75) is 6.54 Å². The number of benzene rings is 1. The summed E-state index contributed by atoms with van der Waals surface area (Å²) in [6.07, 6.45) is 1.44. The Morgan fingerprint density at radius 2 is 2.05 bits per heavy atom. The van der Waals surface area contributed by atoms with E-state index in [4.69, 9.17) is 23.2 Å². The molecule has 0 aliphatic carbocycles. The fourth-order valence-electron chi connectivity index (χ4n) is 1.43. The first-order valence-corrected chi connectivity index (χ1v) is 8.80. The summed E-state index contributed by atoms with van der Waals surface area (Å²) in [5.41, 5.74) is 0.595. The molecule has 0 aliphatic rings. The second-order valence-electron chi connectivity index (χ2n) is 3.91. The monoisotopic (exact) mass is 347 g/mol. The molecule has 1 aromatic carbocycles. The van der Waals surface area contributed by atoms with E-state index in [0.29, 0.717) is 15.6 Å². The third-order valence-electron chi connectivity index (χ3n) is 2.42. The zero-order chi connectivity index (χ0) is 14.6. The molecule has 1 aromatic heterocycles. The first-order valence-electron chi connectivity index (χ1n) is 5.61. The molecule has 0 atom stereocenters. The minimum absolute atomic E-state index is 0.276. The number of halogens is 2. The van der Waals surface area contributed by atoms with Gasteiger partial charge in [0.05, 0.1) is 0 Å². The molecular formula is C13H11Cl2NO2S2. The van der Waals surface area contributed by atoms with Gasteiger partial charge in [-0.05, 0) is 35.2 Å². The van der Waals surface area contributed by atoms with Crippen LogP contribution in [0.15, 0.2) is 41.1 Å². The number of hydrogen-bond acceptors (Lipinski definition) is 3. The highest BCUT2D eigenvalue weighted by molar-refractivity contribution is 7.92. The normalized spacial score (nSPS) is 12.1. The summed E-state index contributed by atoms with van der Waals surface area (Å²) in [6, 6.07) is 8.62. The Labute approximate surface area is 131 Å². The number of hydrogen-bond donors (Lipinski definition) is 1. The van der Waals surface area contributed by atoms with Crippen molar-refractivity contribution in [1.82, 2.24) is 4.72 Å². The SMILES string of the molecule is O=S(=O)(/C=C/c1ccc(Cl)cc1Cl)NCc1cccs1. The maximum absolute atomic E-state index is 11.8. The second kappa shape index (κ2) is 6.74. The molecule has 0 saturated heterocycles. The van der Waals surface area contributed by atoms with E-state index in [1.54, 1.807) is 18.2 Å². The lowest BCUT2D eigenvalue weighted by molar-refractivity contribution is 0.591. The van der Waals surface area contributed by atoms with Crippen LogP contribution in [-0.4, -0.2) is 8.42 Å². The molecule has 0 spiro atoms. The summed E-state index contributed by atoms with van der Waals surface area (Å²) >= 11 is 13.2. The van der Waals surface area contributed by atoms with E-state index in [0.717, 1.165) is 10.3 Å². The molecule has 0 bridgehead atoms. The minimum Gasteiger partial charge on any atom is -0.208 e. The molecule has 7 heteroatoms. The van der Waals surface area contributed by atoms with E-state index in [2.05, 4.69) is 4.72 Å². The van der Waals surface area contributed by atoms with Gasteiger partial charge in [0.25, 0.3) is 0 Å². The highest BCUT2D eigenvalue weighted by atomic mass is 35.5. The maximum Gasteiger partial charge on any atom is 0.234 e. The van der Waals surface area contributed by atoms with Crippen molar-refractivity contribution in [3.8, 4) is 0 Å². The van der Waals surface area contributed by atoms with Crippen molar-refractivity contribution in [1.29, 1.82) is 0 Å². The summed E-state index contributed by atoms with van der Waals surface area (Å²) in [5.74, 6) is 0. The third-order valence-corrected chi connectivity index (χ3v) is 4.90. The molecule has 1 heterocycles. The fraction of sp³-hybridized carbons (Fsp3) is 0.0769. The van der Waals surface area contributed by atoms with Crippen LogP contribution in [0.5, 0.6) is 0 Å². The highest BCUT2D eigenvalue weighted by Crippen LogP contribution is 2.22. The Balaban J connectivity index is 2.05. The topological polar surface area (TPSA) is 46.2 Å². The zero-order valence-electron chi connectivity index (χ0n) is 10.2. The Kier molecular flexibility index (Phi) is 5.23. The molecule has 1 N–H and O–H groups in total. The van der Waals surface area contributed by atoms with Crippen molar-refractivity contribution in [2.24, 2.45) is 0 Å². The molecule has 0 fully saturated rings. The standard InChI is InChI=1S/C13H11Cl2NO2S2/c14-11-4-3-10(13(15)8-11)5-7-20(17,18)16-9-12-2-1-6-19-12/h1-8,16H,9H2/b7-5+. The fourth-order valence-corrected chi connectivity index (χ4v) is 3.42. The second-order valence-corrected chi connectivity index (χ2v) is 7.44. The van der Waals surface area contributed by atoms with Gasteiger partial charge in [-0.2, -0.15) is 0 Å². The van der Waals surface area contributed by atoms with Gasteiger partial charge in [0, 0.05) is 26.9 Å². The molecule has 0 unspecified atom stereocenters.